The average molecular weight is 274 g/mol. The fourth-order valence-corrected chi connectivity index (χ4v) is 1.82. The zero-order valence-corrected chi connectivity index (χ0v) is 12.4. The Bertz CT molecular complexity index is 481. The van der Waals surface area contributed by atoms with Crippen LogP contribution in [0.4, 0.5) is 5.82 Å². The van der Waals surface area contributed by atoms with Crippen molar-refractivity contribution >= 4 is 11.7 Å². The van der Waals surface area contributed by atoms with Gasteiger partial charge in [0.1, 0.15) is 5.82 Å². The molecule has 1 amide bonds. The topological polar surface area (TPSA) is 69.0 Å². The molecule has 1 aromatic heterocycles. The van der Waals surface area contributed by atoms with E-state index in [0.29, 0.717) is 24.5 Å². The van der Waals surface area contributed by atoms with Gasteiger partial charge in [-0.1, -0.05) is 6.92 Å². The van der Waals surface area contributed by atoms with Gasteiger partial charge in [0.2, 0.25) is 0 Å². The zero-order chi connectivity index (χ0) is 15.0. The van der Waals surface area contributed by atoms with Crippen molar-refractivity contribution in [2.75, 3.05) is 25.0 Å². The summed E-state index contributed by atoms with van der Waals surface area (Å²) in [5, 5.41) is 12.0. The second-order valence-corrected chi connectivity index (χ2v) is 4.73. The van der Waals surface area contributed by atoms with E-state index in [1.807, 2.05) is 13.8 Å². The first-order valence-electron chi connectivity index (χ1n) is 7.01. The van der Waals surface area contributed by atoms with Gasteiger partial charge in [-0.05, 0) is 32.4 Å². The third kappa shape index (κ3) is 4.54. The summed E-state index contributed by atoms with van der Waals surface area (Å²) in [4.78, 5) is 18.3. The lowest BCUT2D eigenvalue weighted by atomic mass is 10.1. The molecule has 1 N–H and O–H groups in total. The number of amides is 1. The minimum Gasteiger partial charge on any atom is -0.370 e. The molecule has 1 unspecified atom stereocenters. The molecular formula is C15H22N4O. The van der Waals surface area contributed by atoms with E-state index in [-0.39, 0.29) is 11.8 Å². The van der Waals surface area contributed by atoms with Crippen molar-refractivity contribution in [2.45, 2.75) is 27.2 Å². The summed E-state index contributed by atoms with van der Waals surface area (Å²) in [6, 6.07) is 5.63. The Hall–Kier alpha value is -2.09. The molecule has 0 fully saturated rings. The summed E-state index contributed by atoms with van der Waals surface area (Å²) >= 11 is 0. The summed E-state index contributed by atoms with van der Waals surface area (Å²) < 4.78 is 0. The predicted octanol–water partition coefficient (Wildman–Crippen LogP) is 2.53. The van der Waals surface area contributed by atoms with Crippen LogP contribution in [0.2, 0.25) is 0 Å². The first-order valence-corrected chi connectivity index (χ1v) is 7.01. The van der Waals surface area contributed by atoms with Crippen LogP contribution in [0.5, 0.6) is 0 Å². The molecule has 1 atom stereocenters. The highest BCUT2D eigenvalue weighted by atomic mass is 16.2. The summed E-state index contributed by atoms with van der Waals surface area (Å²) in [6.07, 6.45) is 2.63. The van der Waals surface area contributed by atoms with Crippen LogP contribution in [0.1, 0.15) is 37.6 Å². The van der Waals surface area contributed by atoms with Crippen LogP contribution in [-0.2, 0) is 0 Å². The molecule has 0 aromatic carbocycles. The Morgan fingerprint density at radius 2 is 2.30 bits per heavy atom. The molecule has 0 aliphatic rings. The van der Waals surface area contributed by atoms with Gasteiger partial charge in [-0.25, -0.2) is 4.98 Å². The van der Waals surface area contributed by atoms with Crippen LogP contribution in [0, 0.1) is 17.2 Å². The highest BCUT2D eigenvalue weighted by molar-refractivity contribution is 5.94. The lowest BCUT2D eigenvalue weighted by Crippen LogP contribution is -2.34. The van der Waals surface area contributed by atoms with E-state index in [9.17, 15) is 4.79 Å². The number of hydrogen-bond acceptors (Lipinski definition) is 4. The van der Waals surface area contributed by atoms with Crippen LogP contribution < -0.4 is 5.32 Å². The van der Waals surface area contributed by atoms with Crippen LogP contribution in [0.25, 0.3) is 0 Å². The molecule has 1 aromatic rings. The van der Waals surface area contributed by atoms with Gasteiger partial charge < -0.3 is 10.2 Å². The summed E-state index contributed by atoms with van der Waals surface area (Å²) in [5.41, 5.74) is 0.602. The molecule has 0 saturated heterocycles. The number of carbonyl (C=O) groups excluding carboxylic acids is 1. The monoisotopic (exact) mass is 274 g/mol. The van der Waals surface area contributed by atoms with Crippen LogP contribution >= 0.6 is 0 Å². The molecule has 20 heavy (non-hydrogen) atoms. The van der Waals surface area contributed by atoms with E-state index in [2.05, 4.69) is 23.3 Å². The SMILES string of the molecule is CCCNc1cc(C(=O)N(CC)CC(C)C#N)ccn1. The zero-order valence-electron chi connectivity index (χ0n) is 12.4. The first kappa shape index (κ1) is 16.0. The number of rotatable bonds is 7. The largest absolute Gasteiger partial charge is 0.370 e. The number of aromatic nitrogens is 1. The molecule has 5 nitrogen and oxygen atoms in total. The average Bonchev–Trinajstić information content (AvgIpc) is 2.49. The molecule has 108 valence electrons. The van der Waals surface area contributed by atoms with Gasteiger partial charge in [0.05, 0.1) is 12.0 Å². The van der Waals surface area contributed by atoms with E-state index in [0.717, 1.165) is 13.0 Å². The lowest BCUT2D eigenvalue weighted by molar-refractivity contribution is 0.0752. The molecule has 0 aliphatic heterocycles. The lowest BCUT2D eigenvalue weighted by Gasteiger charge is -2.22. The second kappa shape index (κ2) is 8.16. The van der Waals surface area contributed by atoms with Crippen LogP contribution in [0.15, 0.2) is 18.3 Å². The van der Waals surface area contributed by atoms with Crippen molar-refractivity contribution in [3.8, 4) is 6.07 Å². The molecule has 0 bridgehead atoms. The number of anilines is 1. The van der Waals surface area contributed by atoms with Gasteiger partial charge in [-0.3, -0.25) is 4.79 Å². The molecule has 0 saturated carbocycles. The molecule has 1 rings (SSSR count). The van der Waals surface area contributed by atoms with E-state index in [4.69, 9.17) is 5.26 Å². The molecule has 0 aliphatic carbocycles. The smallest absolute Gasteiger partial charge is 0.254 e. The van der Waals surface area contributed by atoms with E-state index in [1.165, 1.54) is 0 Å². The number of nitrogens with one attached hydrogen (secondary N) is 1. The van der Waals surface area contributed by atoms with Crippen molar-refractivity contribution in [3.63, 3.8) is 0 Å². The maximum atomic E-state index is 12.4. The van der Waals surface area contributed by atoms with E-state index in [1.54, 1.807) is 23.2 Å². The quantitative estimate of drug-likeness (QED) is 0.829. The highest BCUT2D eigenvalue weighted by Gasteiger charge is 2.17. The van der Waals surface area contributed by atoms with Gasteiger partial charge in [0.15, 0.2) is 0 Å². The minimum atomic E-state index is -0.168. The van der Waals surface area contributed by atoms with Crippen molar-refractivity contribution < 1.29 is 4.79 Å². The third-order valence-electron chi connectivity index (χ3n) is 2.95. The fraction of sp³-hybridized carbons (Fsp3) is 0.533. The standard InChI is InChI=1S/C15H22N4O/c1-4-7-17-14-9-13(6-8-18-14)15(20)19(5-2)11-12(3)10-16/h6,8-9,12H,4-5,7,11H2,1-3H3,(H,17,18). The fourth-order valence-electron chi connectivity index (χ4n) is 1.82. The number of nitrogens with zero attached hydrogens (tertiary/aromatic N) is 3. The first-order chi connectivity index (χ1) is 9.62. The summed E-state index contributed by atoms with van der Waals surface area (Å²) in [5.74, 6) is 0.483. The molecule has 0 radical (unpaired) electrons. The number of hydrogen-bond donors (Lipinski definition) is 1. The van der Waals surface area contributed by atoms with Crippen LogP contribution in [0.3, 0.4) is 0 Å². The van der Waals surface area contributed by atoms with Gasteiger partial charge in [0.25, 0.3) is 5.91 Å². The van der Waals surface area contributed by atoms with Gasteiger partial charge in [-0.2, -0.15) is 5.26 Å². The van der Waals surface area contributed by atoms with E-state index >= 15 is 0 Å². The van der Waals surface area contributed by atoms with E-state index < -0.39 is 0 Å². The molecule has 5 heteroatoms. The Morgan fingerprint density at radius 1 is 1.55 bits per heavy atom. The number of nitriles is 1. The van der Waals surface area contributed by atoms with Crippen molar-refractivity contribution in [3.05, 3.63) is 23.9 Å². The molecule has 1 heterocycles. The maximum absolute atomic E-state index is 12.4. The predicted molar refractivity (Wildman–Crippen MR) is 79.4 cm³/mol. The Morgan fingerprint density at radius 3 is 2.90 bits per heavy atom. The van der Waals surface area contributed by atoms with Gasteiger partial charge in [-0.15, -0.1) is 0 Å². The normalized spacial score (nSPS) is 11.5. The minimum absolute atomic E-state index is 0.0588. The second-order valence-electron chi connectivity index (χ2n) is 4.73. The number of carbonyl (C=O) groups is 1. The van der Waals surface area contributed by atoms with Gasteiger partial charge >= 0.3 is 0 Å². The van der Waals surface area contributed by atoms with Crippen molar-refractivity contribution in [2.24, 2.45) is 5.92 Å². The molecular weight excluding hydrogens is 252 g/mol. The Labute approximate surface area is 120 Å². The highest BCUT2D eigenvalue weighted by Crippen LogP contribution is 2.11. The molecule has 0 spiro atoms. The summed E-state index contributed by atoms with van der Waals surface area (Å²) in [7, 11) is 0. The number of pyridine rings is 1. The third-order valence-corrected chi connectivity index (χ3v) is 2.95. The van der Waals surface area contributed by atoms with Crippen LogP contribution in [-0.4, -0.2) is 35.4 Å². The van der Waals surface area contributed by atoms with Crippen molar-refractivity contribution in [1.82, 2.24) is 9.88 Å². The summed E-state index contributed by atoms with van der Waals surface area (Å²) in [6.45, 7) is 7.67. The Kier molecular flexibility index (Phi) is 6.51. The maximum Gasteiger partial charge on any atom is 0.254 e. The Balaban J connectivity index is 2.81. The van der Waals surface area contributed by atoms with Gasteiger partial charge in [0, 0.05) is 31.4 Å². The van der Waals surface area contributed by atoms with Crippen molar-refractivity contribution in [1.29, 1.82) is 5.26 Å².